The van der Waals surface area contributed by atoms with Gasteiger partial charge in [-0.05, 0) is 54.8 Å². The molecule has 3 aromatic carbocycles. The highest BCUT2D eigenvalue weighted by Gasteiger charge is 2.18. The van der Waals surface area contributed by atoms with Gasteiger partial charge in [-0.25, -0.2) is 9.38 Å². The van der Waals surface area contributed by atoms with Gasteiger partial charge in [-0.1, -0.05) is 12.1 Å². The van der Waals surface area contributed by atoms with Crippen LogP contribution in [0.1, 0.15) is 23.1 Å². The number of anilines is 1. The fraction of sp³-hybridized carbons (Fsp3) is 0.222. The molecule has 0 aromatic heterocycles. The van der Waals surface area contributed by atoms with Crippen LogP contribution in [-0.4, -0.2) is 36.6 Å². The lowest BCUT2D eigenvalue weighted by atomic mass is 10.1. The summed E-state index contributed by atoms with van der Waals surface area (Å²) in [7, 11) is 3.11. The van der Waals surface area contributed by atoms with Crippen molar-refractivity contribution in [3.05, 3.63) is 77.1 Å². The van der Waals surface area contributed by atoms with Crippen LogP contribution in [-0.2, 0) is 4.79 Å². The molecule has 0 radical (unpaired) electrons. The predicted molar refractivity (Wildman–Crippen MR) is 141 cm³/mol. The van der Waals surface area contributed by atoms with E-state index in [1.54, 1.807) is 44.6 Å². The Hall–Kier alpha value is -3.65. The third-order valence-electron chi connectivity index (χ3n) is 5.59. The highest BCUT2D eigenvalue weighted by molar-refractivity contribution is 8.14. The molecule has 0 aliphatic carbocycles. The lowest BCUT2D eigenvalue weighted by Crippen LogP contribution is -2.16. The number of nitrogens with one attached hydrogen (secondary N) is 1. The number of hydrogen-bond acceptors (Lipinski definition) is 6. The maximum atomic E-state index is 13.5. The molecule has 0 saturated heterocycles. The van der Waals surface area contributed by atoms with E-state index < -0.39 is 0 Å². The maximum absolute atomic E-state index is 13.5. The van der Waals surface area contributed by atoms with Crippen LogP contribution < -0.4 is 14.8 Å². The van der Waals surface area contributed by atoms with Crippen molar-refractivity contribution in [2.45, 2.75) is 20.3 Å². The number of hydrogen-bond donors (Lipinski definition) is 1. The molecule has 1 N–H and O–H groups in total. The zero-order chi connectivity index (χ0) is 24.9. The second-order valence-electron chi connectivity index (χ2n) is 8.11. The molecule has 35 heavy (non-hydrogen) atoms. The number of rotatable bonds is 6. The Bertz CT molecular complexity index is 1300. The van der Waals surface area contributed by atoms with E-state index in [1.165, 1.54) is 23.9 Å². The molecular weight excluding hydrogens is 465 g/mol. The van der Waals surface area contributed by atoms with Gasteiger partial charge >= 0.3 is 0 Å². The Kier molecular flexibility index (Phi) is 7.51. The molecule has 1 heterocycles. The molecule has 0 spiro atoms. The van der Waals surface area contributed by atoms with Gasteiger partial charge < -0.3 is 14.8 Å². The minimum atomic E-state index is -0.302. The summed E-state index contributed by atoms with van der Waals surface area (Å²) < 4.78 is 24.0. The summed E-state index contributed by atoms with van der Waals surface area (Å²) in [5.41, 5.74) is 5.92. The molecule has 0 atom stereocenters. The van der Waals surface area contributed by atoms with Crippen molar-refractivity contribution in [3.8, 4) is 11.5 Å². The van der Waals surface area contributed by atoms with Crippen LogP contribution in [0.2, 0.25) is 0 Å². The summed E-state index contributed by atoms with van der Waals surface area (Å²) in [4.78, 5) is 22.4. The number of thioether (sulfide) groups is 1. The SMILES string of the molecule is COc1cc(NC(=O)CSC2=Nc3cc(C)c(C)cc3N=C(c3ccc(F)cc3)C2)cc(OC)c1. The Morgan fingerprint density at radius 3 is 2.14 bits per heavy atom. The van der Waals surface area contributed by atoms with Gasteiger partial charge in [-0.15, -0.1) is 11.8 Å². The number of aliphatic imine (C=N–C) groups is 2. The number of fused-ring (bicyclic) bond motifs is 1. The lowest BCUT2D eigenvalue weighted by Gasteiger charge is -2.10. The van der Waals surface area contributed by atoms with Gasteiger partial charge in [-0.3, -0.25) is 9.79 Å². The zero-order valence-electron chi connectivity index (χ0n) is 20.0. The van der Waals surface area contributed by atoms with Crippen LogP contribution >= 0.6 is 11.8 Å². The van der Waals surface area contributed by atoms with Gasteiger partial charge in [0.1, 0.15) is 17.3 Å². The molecule has 6 nitrogen and oxygen atoms in total. The fourth-order valence-electron chi connectivity index (χ4n) is 3.58. The summed E-state index contributed by atoms with van der Waals surface area (Å²) in [5.74, 6) is 0.849. The normalized spacial score (nSPS) is 12.7. The van der Waals surface area contributed by atoms with E-state index in [9.17, 15) is 9.18 Å². The van der Waals surface area contributed by atoms with E-state index in [-0.39, 0.29) is 17.5 Å². The number of amides is 1. The van der Waals surface area contributed by atoms with Crippen LogP contribution in [0.5, 0.6) is 11.5 Å². The van der Waals surface area contributed by atoms with E-state index in [1.807, 2.05) is 26.0 Å². The van der Waals surface area contributed by atoms with Crippen molar-refractivity contribution >= 4 is 45.5 Å². The van der Waals surface area contributed by atoms with Gasteiger partial charge in [0.05, 0.1) is 42.1 Å². The minimum absolute atomic E-state index is 0.162. The van der Waals surface area contributed by atoms with E-state index in [4.69, 9.17) is 19.5 Å². The first kappa shape index (κ1) is 24.5. The van der Waals surface area contributed by atoms with Crippen molar-refractivity contribution in [2.75, 3.05) is 25.3 Å². The number of nitrogens with zero attached hydrogens (tertiary/aromatic N) is 2. The molecule has 1 aliphatic heterocycles. The topological polar surface area (TPSA) is 72.3 Å². The largest absolute Gasteiger partial charge is 0.497 e. The van der Waals surface area contributed by atoms with Crippen LogP contribution in [0.3, 0.4) is 0 Å². The number of aryl methyl sites for hydroxylation is 2. The predicted octanol–water partition coefficient (Wildman–Crippen LogP) is 6.39. The van der Waals surface area contributed by atoms with Gasteiger partial charge in [0.25, 0.3) is 0 Å². The standard InChI is InChI=1S/C27H26FN3O3S/c1-16-9-24-25(10-17(16)2)31-27(14-23(30-24)18-5-7-19(28)8-6-18)35-15-26(32)29-20-11-21(33-3)13-22(12-20)34-4/h5-13H,14-15H2,1-4H3,(H,29,32). The van der Waals surface area contributed by atoms with Crippen LogP contribution in [0.25, 0.3) is 0 Å². The number of ether oxygens (including phenoxy) is 2. The summed E-state index contributed by atoms with van der Waals surface area (Å²) in [6, 6.07) is 15.5. The number of methoxy groups -OCH3 is 2. The monoisotopic (exact) mass is 491 g/mol. The quantitative estimate of drug-likeness (QED) is 0.434. The first-order valence-electron chi connectivity index (χ1n) is 11.0. The molecule has 4 rings (SSSR count). The number of benzene rings is 3. The van der Waals surface area contributed by atoms with Crippen molar-refractivity contribution in [2.24, 2.45) is 9.98 Å². The first-order valence-corrected chi connectivity index (χ1v) is 12.0. The average molecular weight is 492 g/mol. The van der Waals surface area contributed by atoms with E-state index in [0.29, 0.717) is 23.6 Å². The summed E-state index contributed by atoms with van der Waals surface area (Å²) in [5, 5.41) is 3.64. The smallest absolute Gasteiger partial charge is 0.234 e. The molecule has 3 aromatic rings. The Labute approximate surface area is 208 Å². The Morgan fingerprint density at radius 1 is 0.943 bits per heavy atom. The van der Waals surface area contributed by atoms with E-state index in [0.717, 1.165) is 38.8 Å². The van der Waals surface area contributed by atoms with Crippen molar-refractivity contribution in [3.63, 3.8) is 0 Å². The van der Waals surface area contributed by atoms with Crippen molar-refractivity contribution in [1.29, 1.82) is 0 Å². The second-order valence-corrected chi connectivity index (χ2v) is 9.16. The van der Waals surface area contributed by atoms with Crippen LogP contribution in [0.15, 0.2) is 64.6 Å². The maximum Gasteiger partial charge on any atom is 0.234 e. The molecule has 0 fully saturated rings. The number of carbonyl (C=O) groups is 1. The van der Waals surface area contributed by atoms with Crippen LogP contribution in [0.4, 0.5) is 21.5 Å². The third-order valence-corrected chi connectivity index (χ3v) is 6.57. The van der Waals surface area contributed by atoms with Gasteiger partial charge in [0, 0.05) is 30.3 Å². The summed E-state index contributed by atoms with van der Waals surface area (Å²) in [6.45, 7) is 4.06. The van der Waals surface area contributed by atoms with Crippen molar-refractivity contribution in [1.82, 2.24) is 0 Å². The molecule has 8 heteroatoms. The lowest BCUT2D eigenvalue weighted by molar-refractivity contribution is -0.113. The highest BCUT2D eigenvalue weighted by atomic mass is 32.2. The molecular formula is C27H26FN3O3S. The molecule has 1 aliphatic rings. The zero-order valence-corrected chi connectivity index (χ0v) is 20.8. The molecule has 180 valence electrons. The van der Waals surface area contributed by atoms with E-state index >= 15 is 0 Å². The first-order chi connectivity index (χ1) is 16.8. The van der Waals surface area contributed by atoms with Crippen LogP contribution in [0, 0.1) is 19.7 Å². The molecule has 0 saturated carbocycles. The summed E-state index contributed by atoms with van der Waals surface area (Å²) in [6.07, 6.45) is 0.434. The number of carbonyl (C=O) groups excluding carboxylic acids is 1. The fourth-order valence-corrected chi connectivity index (χ4v) is 4.36. The molecule has 0 unspecified atom stereocenters. The Balaban J connectivity index is 1.56. The number of halogens is 1. The third kappa shape index (κ3) is 6.08. The summed E-state index contributed by atoms with van der Waals surface area (Å²) >= 11 is 1.35. The van der Waals surface area contributed by atoms with Gasteiger partial charge in [0.15, 0.2) is 0 Å². The van der Waals surface area contributed by atoms with Gasteiger partial charge in [0.2, 0.25) is 5.91 Å². The molecule has 0 bridgehead atoms. The second kappa shape index (κ2) is 10.7. The van der Waals surface area contributed by atoms with Gasteiger partial charge in [-0.2, -0.15) is 0 Å². The highest BCUT2D eigenvalue weighted by Crippen LogP contribution is 2.36. The van der Waals surface area contributed by atoms with Crippen molar-refractivity contribution < 1.29 is 18.7 Å². The molecule has 1 amide bonds. The van der Waals surface area contributed by atoms with E-state index in [2.05, 4.69) is 5.32 Å². The average Bonchev–Trinajstić information content (AvgIpc) is 3.02. The Morgan fingerprint density at radius 2 is 1.54 bits per heavy atom. The minimum Gasteiger partial charge on any atom is -0.497 e.